The van der Waals surface area contributed by atoms with Crippen molar-refractivity contribution in [1.29, 1.82) is 0 Å². The molecule has 4 nitrogen and oxygen atoms in total. The number of halogens is 2. The van der Waals surface area contributed by atoms with Crippen LogP contribution in [0.2, 0.25) is 5.02 Å². The van der Waals surface area contributed by atoms with Gasteiger partial charge in [0.25, 0.3) is 5.56 Å². The number of nitrogens with zero attached hydrogens (tertiary/aromatic N) is 2. The molecule has 0 fully saturated rings. The maximum Gasteiger partial charge on any atom is 0.258 e. The number of H-pyrrole nitrogens is 1. The van der Waals surface area contributed by atoms with Crippen molar-refractivity contribution < 1.29 is 4.39 Å². The molecule has 0 atom stereocenters. The van der Waals surface area contributed by atoms with Crippen LogP contribution in [0.3, 0.4) is 0 Å². The van der Waals surface area contributed by atoms with Gasteiger partial charge in [0.2, 0.25) is 0 Å². The number of nitrogens with one attached hydrogen (secondary N) is 1. The third-order valence-electron chi connectivity index (χ3n) is 4.87. The van der Waals surface area contributed by atoms with Gasteiger partial charge in [0.05, 0.1) is 16.4 Å². The standard InChI is InChI=1S/C21H13ClFN3O/c1-26-9-8-15-17(21(26)27)16-10-13(23)6-7-14(16)18-19(15)25-20(24-18)11-2-4-12(22)5-3-11/h2-10H,1H3,(H,24,25). The molecule has 1 N–H and O–H groups in total. The maximum absolute atomic E-state index is 14.0. The summed E-state index contributed by atoms with van der Waals surface area (Å²) < 4.78 is 15.4. The summed E-state index contributed by atoms with van der Waals surface area (Å²) in [5.74, 6) is 0.284. The Morgan fingerprint density at radius 2 is 1.81 bits per heavy atom. The third-order valence-corrected chi connectivity index (χ3v) is 5.12. The van der Waals surface area contributed by atoms with Gasteiger partial charge in [-0.25, -0.2) is 9.37 Å². The number of imidazole rings is 1. The topological polar surface area (TPSA) is 50.7 Å². The second kappa shape index (κ2) is 5.66. The van der Waals surface area contributed by atoms with Crippen LogP contribution in [0.5, 0.6) is 0 Å². The predicted molar refractivity (Wildman–Crippen MR) is 107 cm³/mol. The van der Waals surface area contributed by atoms with Crippen molar-refractivity contribution >= 4 is 44.2 Å². The van der Waals surface area contributed by atoms with E-state index in [0.717, 1.165) is 16.5 Å². The van der Waals surface area contributed by atoms with Crippen LogP contribution in [0, 0.1) is 5.82 Å². The summed E-state index contributed by atoms with van der Waals surface area (Å²) in [7, 11) is 1.68. The molecule has 0 aliphatic rings. The normalized spacial score (nSPS) is 11.7. The Morgan fingerprint density at radius 1 is 1.04 bits per heavy atom. The summed E-state index contributed by atoms with van der Waals surface area (Å²) in [5.41, 5.74) is 2.16. The molecular weight excluding hydrogens is 365 g/mol. The molecule has 6 heteroatoms. The lowest BCUT2D eigenvalue weighted by molar-refractivity contribution is 0.630. The average Bonchev–Trinajstić information content (AvgIpc) is 3.10. The van der Waals surface area contributed by atoms with Gasteiger partial charge >= 0.3 is 0 Å². The van der Waals surface area contributed by atoms with E-state index < -0.39 is 0 Å². The molecule has 27 heavy (non-hydrogen) atoms. The number of benzene rings is 3. The molecule has 0 aliphatic carbocycles. The van der Waals surface area contributed by atoms with Gasteiger partial charge in [-0.1, -0.05) is 11.6 Å². The second-order valence-electron chi connectivity index (χ2n) is 6.53. The Bertz CT molecular complexity index is 1420. The summed E-state index contributed by atoms with van der Waals surface area (Å²) in [6, 6.07) is 13.7. The van der Waals surface area contributed by atoms with Crippen LogP contribution in [0.25, 0.3) is 44.0 Å². The Kier molecular flexibility index (Phi) is 3.36. The number of aromatic nitrogens is 3. The number of aromatic amines is 1. The van der Waals surface area contributed by atoms with Crippen LogP contribution < -0.4 is 5.56 Å². The summed E-state index contributed by atoms with van der Waals surface area (Å²) in [6.45, 7) is 0. The monoisotopic (exact) mass is 377 g/mol. The van der Waals surface area contributed by atoms with Crippen molar-refractivity contribution in [2.75, 3.05) is 0 Å². The highest BCUT2D eigenvalue weighted by molar-refractivity contribution is 6.30. The van der Waals surface area contributed by atoms with Gasteiger partial charge in [-0.05, 0) is 48.5 Å². The first-order valence-corrected chi connectivity index (χ1v) is 8.77. The van der Waals surface area contributed by atoms with Crippen molar-refractivity contribution in [3.8, 4) is 11.4 Å². The molecule has 132 valence electrons. The fourth-order valence-electron chi connectivity index (χ4n) is 3.54. The first-order valence-electron chi connectivity index (χ1n) is 8.39. The SMILES string of the molecule is Cn1ccc2c3nc(-c4ccc(Cl)cc4)[nH]c3c3ccc(F)cc3c2c1=O. The second-order valence-corrected chi connectivity index (χ2v) is 6.96. The Morgan fingerprint density at radius 3 is 2.59 bits per heavy atom. The molecule has 0 bridgehead atoms. The summed E-state index contributed by atoms with van der Waals surface area (Å²) in [4.78, 5) is 20.9. The van der Waals surface area contributed by atoms with Crippen molar-refractivity contribution in [3.63, 3.8) is 0 Å². The molecule has 3 aromatic carbocycles. The number of rotatable bonds is 1. The van der Waals surface area contributed by atoms with Gasteiger partial charge < -0.3 is 9.55 Å². The molecule has 5 aromatic rings. The van der Waals surface area contributed by atoms with E-state index in [-0.39, 0.29) is 11.4 Å². The summed E-state index contributed by atoms with van der Waals surface area (Å²) in [6.07, 6.45) is 1.70. The number of hydrogen-bond donors (Lipinski definition) is 1. The zero-order valence-corrected chi connectivity index (χ0v) is 15.0. The van der Waals surface area contributed by atoms with E-state index >= 15 is 0 Å². The molecule has 0 saturated carbocycles. The lowest BCUT2D eigenvalue weighted by Gasteiger charge is -2.07. The minimum absolute atomic E-state index is 0.180. The van der Waals surface area contributed by atoms with Crippen LogP contribution in [0.1, 0.15) is 0 Å². The lowest BCUT2D eigenvalue weighted by Crippen LogP contribution is -2.16. The molecule has 5 rings (SSSR count). The van der Waals surface area contributed by atoms with Gasteiger partial charge in [0.1, 0.15) is 11.6 Å². The number of aryl methyl sites for hydroxylation is 1. The van der Waals surface area contributed by atoms with Crippen molar-refractivity contribution in [2.45, 2.75) is 0 Å². The fourth-order valence-corrected chi connectivity index (χ4v) is 3.66. The first kappa shape index (κ1) is 16.0. The first-order chi connectivity index (χ1) is 13.0. The molecule has 2 heterocycles. The largest absolute Gasteiger partial charge is 0.337 e. The highest BCUT2D eigenvalue weighted by atomic mass is 35.5. The molecule has 0 radical (unpaired) electrons. The summed E-state index contributed by atoms with van der Waals surface area (Å²) >= 11 is 5.98. The Labute approximate surface area is 157 Å². The molecule has 0 unspecified atom stereocenters. The van der Waals surface area contributed by atoms with Crippen molar-refractivity contribution in [1.82, 2.24) is 14.5 Å². The quantitative estimate of drug-likeness (QED) is 0.417. The predicted octanol–water partition coefficient (Wildman–Crippen LogP) is 5.03. The van der Waals surface area contributed by atoms with Gasteiger partial charge in [-0.15, -0.1) is 0 Å². The van der Waals surface area contributed by atoms with Crippen molar-refractivity contribution in [3.05, 3.63) is 75.9 Å². The van der Waals surface area contributed by atoms with E-state index in [2.05, 4.69) is 4.98 Å². The van der Waals surface area contributed by atoms with E-state index in [1.165, 1.54) is 16.7 Å². The molecular formula is C21H13ClFN3O. The summed E-state index contributed by atoms with van der Waals surface area (Å²) in [5, 5.41) is 3.14. The Hall–Kier alpha value is -3.18. The van der Waals surface area contributed by atoms with E-state index in [0.29, 0.717) is 32.5 Å². The molecule has 0 saturated heterocycles. The van der Waals surface area contributed by atoms with Gasteiger partial charge in [-0.2, -0.15) is 0 Å². The zero-order chi connectivity index (χ0) is 18.7. The fraction of sp³-hybridized carbons (Fsp3) is 0.0476. The minimum atomic E-state index is -0.383. The van der Waals surface area contributed by atoms with Gasteiger partial charge in [0.15, 0.2) is 0 Å². The smallest absolute Gasteiger partial charge is 0.258 e. The van der Waals surface area contributed by atoms with Crippen LogP contribution in [0.4, 0.5) is 4.39 Å². The van der Waals surface area contributed by atoms with Crippen LogP contribution >= 0.6 is 11.6 Å². The Balaban J connectivity index is 1.98. The molecule has 0 aliphatic heterocycles. The van der Waals surface area contributed by atoms with Crippen molar-refractivity contribution in [2.24, 2.45) is 7.05 Å². The average molecular weight is 378 g/mol. The van der Waals surface area contributed by atoms with E-state index in [9.17, 15) is 9.18 Å². The molecule has 0 amide bonds. The highest BCUT2D eigenvalue weighted by Crippen LogP contribution is 2.34. The zero-order valence-electron chi connectivity index (χ0n) is 14.3. The molecule has 2 aromatic heterocycles. The number of pyridine rings is 1. The highest BCUT2D eigenvalue weighted by Gasteiger charge is 2.16. The van der Waals surface area contributed by atoms with Crippen LogP contribution in [-0.4, -0.2) is 14.5 Å². The van der Waals surface area contributed by atoms with E-state index in [1.807, 2.05) is 18.2 Å². The lowest BCUT2D eigenvalue weighted by atomic mass is 10.0. The van der Waals surface area contributed by atoms with E-state index in [1.54, 1.807) is 31.4 Å². The number of hydrogen-bond acceptors (Lipinski definition) is 2. The van der Waals surface area contributed by atoms with Crippen LogP contribution in [0.15, 0.2) is 59.5 Å². The van der Waals surface area contributed by atoms with Gasteiger partial charge in [-0.3, -0.25) is 4.79 Å². The third kappa shape index (κ3) is 2.35. The van der Waals surface area contributed by atoms with Crippen LogP contribution in [-0.2, 0) is 7.05 Å². The minimum Gasteiger partial charge on any atom is -0.337 e. The van der Waals surface area contributed by atoms with Gasteiger partial charge in [0, 0.05) is 40.0 Å². The molecule has 0 spiro atoms. The maximum atomic E-state index is 14.0. The van der Waals surface area contributed by atoms with E-state index in [4.69, 9.17) is 16.6 Å². The number of fused-ring (bicyclic) bond motifs is 6.